The summed E-state index contributed by atoms with van der Waals surface area (Å²) in [5.41, 5.74) is 0.465. The largest absolute Gasteiger partial charge is 0.427 e. The summed E-state index contributed by atoms with van der Waals surface area (Å²) in [7, 11) is 0. The van der Waals surface area contributed by atoms with E-state index in [4.69, 9.17) is 4.74 Å². The second-order valence-electron chi connectivity index (χ2n) is 7.99. The van der Waals surface area contributed by atoms with Crippen molar-refractivity contribution in [3.63, 3.8) is 0 Å². The van der Waals surface area contributed by atoms with Gasteiger partial charge in [-0.15, -0.1) is 0 Å². The van der Waals surface area contributed by atoms with Crippen LogP contribution < -0.4 is 10.1 Å². The van der Waals surface area contributed by atoms with Crippen molar-refractivity contribution in [2.75, 3.05) is 13.1 Å². The second kappa shape index (κ2) is 8.34. The smallest absolute Gasteiger partial charge is 0.308 e. The van der Waals surface area contributed by atoms with Gasteiger partial charge in [0.15, 0.2) is 0 Å². The molecular formula is C20H28N2O4. The summed E-state index contributed by atoms with van der Waals surface area (Å²) in [5.74, 6) is -0.0658. The molecule has 1 heterocycles. The number of ether oxygens (including phenoxy) is 1. The quantitative estimate of drug-likeness (QED) is 0.662. The van der Waals surface area contributed by atoms with Crippen molar-refractivity contribution < 1.29 is 19.1 Å². The monoisotopic (exact) mass is 360 g/mol. The van der Waals surface area contributed by atoms with Crippen molar-refractivity contribution >= 4 is 17.8 Å². The van der Waals surface area contributed by atoms with Crippen molar-refractivity contribution in [3.8, 4) is 5.75 Å². The van der Waals surface area contributed by atoms with Gasteiger partial charge in [-0.1, -0.05) is 26.8 Å². The van der Waals surface area contributed by atoms with E-state index in [0.29, 0.717) is 30.8 Å². The number of nitrogens with zero attached hydrogens (tertiary/aromatic N) is 1. The van der Waals surface area contributed by atoms with Crippen LogP contribution in [0.2, 0.25) is 0 Å². The topological polar surface area (TPSA) is 75.7 Å². The number of hydrogen-bond donors (Lipinski definition) is 1. The average Bonchev–Trinajstić information content (AvgIpc) is 2.52. The minimum Gasteiger partial charge on any atom is -0.427 e. The van der Waals surface area contributed by atoms with E-state index in [2.05, 4.69) is 5.32 Å². The molecule has 1 N–H and O–H groups in total. The zero-order valence-corrected chi connectivity index (χ0v) is 16.0. The number of carbonyl (C=O) groups excluding carboxylic acids is 3. The van der Waals surface area contributed by atoms with Crippen LogP contribution in [0.5, 0.6) is 5.75 Å². The van der Waals surface area contributed by atoms with E-state index in [-0.39, 0.29) is 23.3 Å². The van der Waals surface area contributed by atoms with E-state index in [1.54, 1.807) is 29.2 Å². The third-order valence-electron chi connectivity index (χ3n) is 4.18. The fourth-order valence-electron chi connectivity index (χ4n) is 3.03. The minimum atomic E-state index is -0.415. The number of carbonyl (C=O) groups is 3. The molecule has 2 rings (SSSR count). The molecule has 1 fully saturated rings. The zero-order chi connectivity index (χ0) is 19.3. The molecule has 6 heteroatoms. The number of esters is 1. The maximum atomic E-state index is 12.7. The van der Waals surface area contributed by atoms with Gasteiger partial charge in [0.2, 0.25) is 5.91 Å². The van der Waals surface area contributed by atoms with Crippen LogP contribution in [0.15, 0.2) is 24.3 Å². The first-order chi connectivity index (χ1) is 12.1. The molecule has 1 aromatic carbocycles. The Hall–Kier alpha value is -2.37. The van der Waals surface area contributed by atoms with E-state index >= 15 is 0 Å². The molecule has 0 aliphatic carbocycles. The third-order valence-corrected chi connectivity index (χ3v) is 4.18. The van der Waals surface area contributed by atoms with Crippen LogP contribution in [0.1, 0.15) is 57.3 Å². The molecule has 142 valence electrons. The van der Waals surface area contributed by atoms with Gasteiger partial charge in [0.05, 0.1) is 0 Å². The summed E-state index contributed by atoms with van der Waals surface area (Å²) in [6.45, 7) is 8.63. The highest BCUT2D eigenvalue weighted by Gasteiger charge is 2.26. The van der Waals surface area contributed by atoms with Gasteiger partial charge < -0.3 is 15.0 Å². The van der Waals surface area contributed by atoms with Crippen LogP contribution in [-0.4, -0.2) is 41.8 Å². The highest BCUT2D eigenvalue weighted by molar-refractivity contribution is 5.94. The van der Waals surface area contributed by atoms with E-state index in [0.717, 1.165) is 12.8 Å². The second-order valence-corrected chi connectivity index (χ2v) is 7.99. The van der Waals surface area contributed by atoms with Gasteiger partial charge in [-0.25, -0.2) is 0 Å². The van der Waals surface area contributed by atoms with Gasteiger partial charge >= 0.3 is 5.97 Å². The molecule has 26 heavy (non-hydrogen) atoms. The Balaban J connectivity index is 1.88. The molecule has 6 nitrogen and oxygen atoms in total. The molecule has 0 atom stereocenters. The lowest BCUT2D eigenvalue weighted by Crippen LogP contribution is -2.47. The van der Waals surface area contributed by atoms with Gasteiger partial charge in [-0.2, -0.15) is 0 Å². The molecule has 0 spiro atoms. The fourth-order valence-corrected chi connectivity index (χ4v) is 3.03. The summed E-state index contributed by atoms with van der Waals surface area (Å²) in [4.78, 5) is 37.5. The van der Waals surface area contributed by atoms with E-state index in [1.807, 2.05) is 20.8 Å². The molecule has 0 aromatic heterocycles. The van der Waals surface area contributed by atoms with Crippen LogP contribution in [-0.2, 0) is 9.59 Å². The first-order valence-corrected chi connectivity index (χ1v) is 9.01. The maximum absolute atomic E-state index is 12.7. The normalized spacial score (nSPS) is 15.5. The Morgan fingerprint density at radius 3 is 2.42 bits per heavy atom. The number of amides is 2. The van der Waals surface area contributed by atoms with Gasteiger partial charge in [-0.3, -0.25) is 14.4 Å². The average molecular weight is 360 g/mol. The third kappa shape index (κ3) is 6.17. The van der Waals surface area contributed by atoms with Crippen molar-refractivity contribution in [2.24, 2.45) is 5.41 Å². The zero-order valence-electron chi connectivity index (χ0n) is 16.0. The first kappa shape index (κ1) is 19.9. The molecule has 0 radical (unpaired) electrons. The van der Waals surface area contributed by atoms with Crippen LogP contribution in [0.3, 0.4) is 0 Å². The number of benzene rings is 1. The Kier molecular flexibility index (Phi) is 6.40. The molecule has 1 aliphatic rings. The van der Waals surface area contributed by atoms with Gasteiger partial charge in [0.25, 0.3) is 5.91 Å². The number of nitrogens with one attached hydrogen (secondary N) is 1. The Bertz CT molecular complexity index is 671. The molecular weight excluding hydrogens is 332 g/mol. The number of piperidine rings is 1. The maximum Gasteiger partial charge on any atom is 0.308 e. The fraction of sp³-hybridized carbons (Fsp3) is 0.550. The van der Waals surface area contributed by atoms with Crippen LogP contribution in [0.25, 0.3) is 0 Å². The number of hydrogen-bond acceptors (Lipinski definition) is 4. The molecule has 0 unspecified atom stereocenters. The summed E-state index contributed by atoms with van der Waals surface area (Å²) in [6.07, 6.45) is 1.98. The molecule has 0 bridgehead atoms. The van der Waals surface area contributed by atoms with E-state index < -0.39 is 5.97 Å². The molecule has 1 saturated heterocycles. The van der Waals surface area contributed by atoms with Gasteiger partial charge in [0.1, 0.15) is 5.75 Å². The summed E-state index contributed by atoms with van der Waals surface area (Å²) in [6, 6.07) is 6.76. The van der Waals surface area contributed by atoms with Crippen LogP contribution in [0, 0.1) is 5.41 Å². The van der Waals surface area contributed by atoms with E-state index in [1.165, 1.54) is 6.92 Å². The first-order valence-electron chi connectivity index (χ1n) is 9.01. The number of likely N-dealkylation sites (tertiary alicyclic amines) is 1. The van der Waals surface area contributed by atoms with Crippen molar-refractivity contribution in [2.45, 2.75) is 53.0 Å². The molecule has 0 saturated carbocycles. The van der Waals surface area contributed by atoms with Crippen LogP contribution >= 0.6 is 0 Å². The standard InChI is InChI=1S/C20H28N2O4/c1-14(23)26-17-7-5-6-15(12-17)19(25)22-10-8-16(9-11-22)21-18(24)13-20(2,3)4/h5-7,12,16H,8-11,13H2,1-4H3,(H,21,24). The Morgan fingerprint density at radius 1 is 1.19 bits per heavy atom. The Morgan fingerprint density at radius 2 is 1.85 bits per heavy atom. The summed E-state index contributed by atoms with van der Waals surface area (Å²) < 4.78 is 5.04. The number of rotatable bonds is 4. The van der Waals surface area contributed by atoms with Crippen molar-refractivity contribution in [1.82, 2.24) is 10.2 Å². The van der Waals surface area contributed by atoms with Crippen molar-refractivity contribution in [1.29, 1.82) is 0 Å². The van der Waals surface area contributed by atoms with Gasteiger partial charge in [0, 0.05) is 38.0 Å². The molecule has 2 amide bonds. The molecule has 1 aliphatic heterocycles. The van der Waals surface area contributed by atoms with Gasteiger partial charge in [-0.05, 0) is 36.5 Å². The SMILES string of the molecule is CC(=O)Oc1cccc(C(=O)N2CCC(NC(=O)CC(C)(C)C)CC2)c1. The lowest BCUT2D eigenvalue weighted by molar-refractivity contribution is -0.132. The minimum absolute atomic E-state index is 0.0340. The highest BCUT2D eigenvalue weighted by Crippen LogP contribution is 2.20. The lowest BCUT2D eigenvalue weighted by atomic mass is 9.91. The Labute approximate surface area is 154 Å². The molecule has 1 aromatic rings. The predicted molar refractivity (Wildman–Crippen MR) is 98.9 cm³/mol. The lowest BCUT2D eigenvalue weighted by Gasteiger charge is -2.33. The van der Waals surface area contributed by atoms with Crippen LogP contribution in [0.4, 0.5) is 0 Å². The van der Waals surface area contributed by atoms with E-state index in [9.17, 15) is 14.4 Å². The summed E-state index contributed by atoms with van der Waals surface area (Å²) >= 11 is 0. The predicted octanol–water partition coefficient (Wildman–Crippen LogP) is 2.77. The highest BCUT2D eigenvalue weighted by atomic mass is 16.5. The summed E-state index contributed by atoms with van der Waals surface area (Å²) in [5, 5.41) is 3.07. The van der Waals surface area contributed by atoms with Crippen molar-refractivity contribution in [3.05, 3.63) is 29.8 Å².